The molecule has 1 fully saturated rings. The van der Waals surface area contributed by atoms with Gasteiger partial charge in [0.15, 0.2) is 0 Å². The van der Waals surface area contributed by atoms with Gasteiger partial charge in [-0.2, -0.15) is 0 Å². The van der Waals surface area contributed by atoms with Gasteiger partial charge in [-0.15, -0.1) is 0 Å². The summed E-state index contributed by atoms with van der Waals surface area (Å²) in [6.45, 7) is 8.34. The molecule has 138 valence electrons. The van der Waals surface area contributed by atoms with Crippen molar-refractivity contribution in [2.75, 3.05) is 26.3 Å². The van der Waals surface area contributed by atoms with Crippen LogP contribution in [0.2, 0.25) is 0 Å². The van der Waals surface area contributed by atoms with E-state index < -0.39 is 0 Å². The van der Waals surface area contributed by atoms with Crippen molar-refractivity contribution in [3.8, 4) is 11.1 Å². The minimum atomic E-state index is 0.0804. The first-order valence-corrected chi connectivity index (χ1v) is 9.45. The van der Waals surface area contributed by atoms with Crippen molar-refractivity contribution in [2.24, 2.45) is 0 Å². The first-order valence-electron chi connectivity index (χ1n) is 9.45. The Hall–Kier alpha value is -2.17. The first kappa shape index (κ1) is 18.6. The first-order chi connectivity index (χ1) is 12.7. The largest absolute Gasteiger partial charge is 0.379 e. The van der Waals surface area contributed by atoms with Crippen LogP contribution in [-0.4, -0.2) is 37.1 Å². The van der Waals surface area contributed by atoms with Crippen LogP contribution in [-0.2, 0) is 16.1 Å². The number of carbonyl (C=O) groups excluding carboxylic acids is 1. The molecule has 4 heteroatoms. The van der Waals surface area contributed by atoms with Crippen molar-refractivity contribution in [3.63, 3.8) is 0 Å². The number of rotatable bonds is 6. The minimum absolute atomic E-state index is 0.0804. The van der Waals surface area contributed by atoms with Gasteiger partial charge in [-0.1, -0.05) is 49.4 Å². The fourth-order valence-corrected chi connectivity index (χ4v) is 3.32. The molecule has 2 aromatic rings. The molecule has 0 aliphatic carbocycles. The van der Waals surface area contributed by atoms with Gasteiger partial charge in [-0.05, 0) is 35.2 Å². The number of nitrogens with zero attached hydrogens (tertiary/aromatic N) is 1. The summed E-state index contributed by atoms with van der Waals surface area (Å²) in [6.07, 6.45) is 0.516. The normalized spacial score (nSPS) is 16.2. The molecule has 0 spiro atoms. The number of hydrogen-bond donors (Lipinski definition) is 1. The number of carbonyl (C=O) groups is 1. The number of hydrogen-bond acceptors (Lipinski definition) is 3. The molecule has 0 radical (unpaired) electrons. The molecule has 1 atom stereocenters. The summed E-state index contributed by atoms with van der Waals surface area (Å²) < 4.78 is 5.45. The summed E-state index contributed by atoms with van der Waals surface area (Å²) in [6, 6.07) is 17.6. The average Bonchev–Trinajstić information content (AvgIpc) is 2.72. The zero-order valence-corrected chi connectivity index (χ0v) is 15.7. The van der Waals surface area contributed by atoms with Crippen LogP contribution in [0.15, 0.2) is 48.5 Å². The van der Waals surface area contributed by atoms with E-state index in [4.69, 9.17) is 4.74 Å². The third-order valence-corrected chi connectivity index (χ3v) is 5.06. The van der Waals surface area contributed by atoms with E-state index in [-0.39, 0.29) is 5.91 Å². The summed E-state index contributed by atoms with van der Waals surface area (Å²) >= 11 is 0. The van der Waals surface area contributed by atoms with Crippen LogP contribution >= 0.6 is 0 Å². The van der Waals surface area contributed by atoms with Crippen molar-refractivity contribution < 1.29 is 9.53 Å². The smallest absolute Gasteiger partial charge is 0.219 e. The van der Waals surface area contributed by atoms with Crippen molar-refractivity contribution in [1.29, 1.82) is 0 Å². The predicted molar refractivity (Wildman–Crippen MR) is 105 cm³/mol. The maximum Gasteiger partial charge on any atom is 0.219 e. The predicted octanol–water partition coefficient (Wildman–Crippen LogP) is 3.77. The zero-order chi connectivity index (χ0) is 18.4. The maximum absolute atomic E-state index is 11.4. The third-order valence-electron chi connectivity index (χ3n) is 5.06. The Labute approximate surface area is 156 Å². The summed E-state index contributed by atoms with van der Waals surface area (Å²) in [5.74, 6) is 0.0804. The second-order valence-electron chi connectivity index (χ2n) is 6.78. The second-order valence-corrected chi connectivity index (χ2v) is 6.78. The van der Waals surface area contributed by atoms with Gasteiger partial charge in [0.05, 0.1) is 13.2 Å². The van der Waals surface area contributed by atoms with Gasteiger partial charge >= 0.3 is 0 Å². The standard InChI is InChI=1S/C22H28N2O2/c1-3-22(25)23-16-18-5-4-6-21(15-18)20-9-7-19(8-10-20)17(2)24-11-13-26-14-12-24/h4-10,15,17H,3,11-14,16H2,1-2H3,(H,23,25). The Morgan fingerprint density at radius 1 is 1.12 bits per heavy atom. The van der Waals surface area contributed by atoms with Gasteiger partial charge in [-0.3, -0.25) is 9.69 Å². The molecule has 1 saturated heterocycles. The van der Waals surface area contributed by atoms with E-state index in [1.807, 2.05) is 19.1 Å². The molecule has 1 amide bonds. The summed E-state index contributed by atoms with van der Waals surface area (Å²) in [5, 5.41) is 2.93. The SMILES string of the molecule is CCC(=O)NCc1cccc(-c2ccc(C(C)N3CCOCC3)cc2)c1. The molecular weight excluding hydrogens is 324 g/mol. The quantitative estimate of drug-likeness (QED) is 0.860. The fourth-order valence-electron chi connectivity index (χ4n) is 3.32. The van der Waals surface area contributed by atoms with Crippen LogP contribution in [0, 0.1) is 0 Å². The lowest BCUT2D eigenvalue weighted by Gasteiger charge is -2.32. The lowest BCUT2D eigenvalue weighted by atomic mass is 9.99. The molecule has 1 heterocycles. The molecule has 1 unspecified atom stereocenters. The van der Waals surface area contributed by atoms with E-state index in [9.17, 15) is 4.79 Å². The Morgan fingerprint density at radius 3 is 2.54 bits per heavy atom. The van der Waals surface area contributed by atoms with Crippen LogP contribution in [0.5, 0.6) is 0 Å². The summed E-state index contributed by atoms with van der Waals surface area (Å²) in [7, 11) is 0. The van der Waals surface area contributed by atoms with Crippen LogP contribution in [0.25, 0.3) is 11.1 Å². The van der Waals surface area contributed by atoms with Crippen molar-refractivity contribution in [2.45, 2.75) is 32.9 Å². The monoisotopic (exact) mass is 352 g/mol. The van der Waals surface area contributed by atoms with E-state index >= 15 is 0 Å². The topological polar surface area (TPSA) is 41.6 Å². The number of amides is 1. The third kappa shape index (κ3) is 4.71. The molecule has 26 heavy (non-hydrogen) atoms. The average molecular weight is 352 g/mol. The Balaban J connectivity index is 1.69. The molecule has 2 aromatic carbocycles. The number of nitrogens with one attached hydrogen (secondary N) is 1. The number of ether oxygens (including phenoxy) is 1. The molecule has 3 rings (SSSR count). The van der Waals surface area contributed by atoms with Crippen LogP contribution in [0.4, 0.5) is 0 Å². The van der Waals surface area contributed by atoms with Gasteiger partial charge in [0.25, 0.3) is 0 Å². The van der Waals surface area contributed by atoms with E-state index in [0.717, 1.165) is 31.9 Å². The van der Waals surface area contributed by atoms with Gasteiger partial charge in [0.1, 0.15) is 0 Å². The number of benzene rings is 2. The van der Waals surface area contributed by atoms with Gasteiger partial charge < -0.3 is 10.1 Å². The van der Waals surface area contributed by atoms with Crippen molar-refractivity contribution in [3.05, 3.63) is 59.7 Å². The fraction of sp³-hybridized carbons (Fsp3) is 0.409. The van der Waals surface area contributed by atoms with Crippen LogP contribution < -0.4 is 5.32 Å². The molecule has 4 nitrogen and oxygen atoms in total. The highest BCUT2D eigenvalue weighted by Gasteiger charge is 2.18. The summed E-state index contributed by atoms with van der Waals surface area (Å²) in [5.41, 5.74) is 4.84. The maximum atomic E-state index is 11.4. The van der Waals surface area contributed by atoms with E-state index in [0.29, 0.717) is 19.0 Å². The molecule has 0 aromatic heterocycles. The van der Waals surface area contributed by atoms with Crippen LogP contribution in [0.3, 0.4) is 0 Å². The van der Waals surface area contributed by atoms with Crippen molar-refractivity contribution >= 4 is 5.91 Å². The highest BCUT2D eigenvalue weighted by molar-refractivity contribution is 5.75. The van der Waals surface area contributed by atoms with Crippen molar-refractivity contribution in [1.82, 2.24) is 10.2 Å². The molecule has 1 N–H and O–H groups in total. The zero-order valence-electron chi connectivity index (χ0n) is 15.7. The second kappa shape index (κ2) is 8.97. The van der Waals surface area contributed by atoms with Crippen LogP contribution in [0.1, 0.15) is 37.4 Å². The minimum Gasteiger partial charge on any atom is -0.379 e. The molecule has 0 saturated carbocycles. The van der Waals surface area contributed by atoms with E-state index in [1.54, 1.807) is 0 Å². The van der Waals surface area contributed by atoms with E-state index in [1.165, 1.54) is 16.7 Å². The Bertz CT molecular complexity index is 721. The Kier molecular flexibility index (Phi) is 6.42. The van der Waals surface area contributed by atoms with E-state index in [2.05, 4.69) is 53.5 Å². The van der Waals surface area contributed by atoms with Gasteiger partial charge in [-0.25, -0.2) is 0 Å². The van der Waals surface area contributed by atoms with Gasteiger partial charge in [0.2, 0.25) is 5.91 Å². The number of morpholine rings is 1. The molecule has 1 aliphatic heterocycles. The highest BCUT2D eigenvalue weighted by atomic mass is 16.5. The molecule has 1 aliphatic rings. The highest BCUT2D eigenvalue weighted by Crippen LogP contribution is 2.26. The molecule has 0 bridgehead atoms. The van der Waals surface area contributed by atoms with Gasteiger partial charge in [0, 0.05) is 32.1 Å². The summed E-state index contributed by atoms with van der Waals surface area (Å²) in [4.78, 5) is 13.9. The lowest BCUT2D eigenvalue weighted by Crippen LogP contribution is -2.37. The Morgan fingerprint density at radius 2 is 1.85 bits per heavy atom. The lowest BCUT2D eigenvalue weighted by molar-refractivity contribution is -0.120. The molecular formula is C22H28N2O2.